The number of carbonyl (C=O) groups excluding carboxylic acids is 1. The molecule has 1 aromatic rings. The molecule has 0 aromatic carbocycles. The van der Waals surface area contributed by atoms with Crippen LogP contribution >= 0.6 is 0 Å². The number of hydrogen-bond acceptors (Lipinski definition) is 3. The summed E-state index contributed by atoms with van der Waals surface area (Å²) in [6, 6.07) is 2.17. The molecule has 0 bridgehead atoms. The summed E-state index contributed by atoms with van der Waals surface area (Å²) in [5.74, 6) is -0.413. The number of hydrogen-bond donors (Lipinski definition) is 1. The lowest BCUT2D eigenvalue weighted by atomic mass is 10.2. The highest BCUT2D eigenvalue weighted by atomic mass is 19.4. The fourth-order valence-electron chi connectivity index (χ4n) is 1.29. The molecule has 1 amide bonds. The van der Waals surface area contributed by atoms with Crippen LogP contribution in [0.15, 0.2) is 18.3 Å². The van der Waals surface area contributed by atoms with Crippen LogP contribution in [0.1, 0.15) is 12.0 Å². The van der Waals surface area contributed by atoms with E-state index >= 15 is 0 Å². The Morgan fingerprint density at radius 3 is 2.67 bits per heavy atom. The zero-order valence-electron chi connectivity index (χ0n) is 10.1. The number of nitrogens with zero attached hydrogens (tertiary/aromatic N) is 2. The summed E-state index contributed by atoms with van der Waals surface area (Å²) < 4.78 is 37.8. The van der Waals surface area contributed by atoms with E-state index in [1.165, 1.54) is 17.2 Å². The SMILES string of the molecule is CN(C)C(=O)CCNc1ncccc1C(F)(F)F. The van der Waals surface area contributed by atoms with Gasteiger partial charge in [0.25, 0.3) is 0 Å². The Morgan fingerprint density at radius 1 is 1.44 bits per heavy atom. The maximum atomic E-state index is 12.6. The molecule has 0 aliphatic rings. The molecule has 0 aliphatic carbocycles. The van der Waals surface area contributed by atoms with Gasteiger partial charge in [-0.25, -0.2) is 4.98 Å². The molecule has 0 fully saturated rings. The largest absolute Gasteiger partial charge is 0.419 e. The molecule has 0 aliphatic heterocycles. The van der Waals surface area contributed by atoms with E-state index in [2.05, 4.69) is 10.3 Å². The molecule has 0 spiro atoms. The molecule has 100 valence electrons. The number of anilines is 1. The molecular formula is C11H14F3N3O. The molecular weight excluding hydrogens is 247 g/mol. The van der Waals surface area contributed by atoms with Crippen molar-refractivity contribution >= 4 is 11.7 Å². The zero-order chi connectivity index (χ0) is 13.8. The third kappa shape index (κ3) is 3.90. The van der Waals surface area contributed by atoms with E-state index in [4.69, 9.17) is 0 Å². The second-order valence-electron chi connectivity index (χ2n) is 3.86. The van der Waals surface area contributed by atoms with Crippen LogP contribution in [0.2, 0.25) is 0 Å². The van der Waals surface area contributed by atoms with E-state index in [0.717, 1.165) is 6.07 Å². The first-order chi connectivity index (χ1) is 8.32. The van der Waals surface area contributed by atoms with Crippen molar-refractivity contribution in [2.75, 3.05) is 26.0 Å². The normalized spacial score (nSPS) is 11.2. The predicted octanol–water partition coefficient (Wildman–Crippen LogP) is 1.99. The van der Waals surface area contributed by atoms with Crippen molar-refractivity contribution in [2.24, 2.45) is 0 Å². The third-order valence-corrected chi connectivity index (χ3v) is 2.24. The minimum absolute atomic E-state index is 0.108. The number of amides is 1. The van der Waals surface area contributed by atoms with Gasteiger partial charge in [-0.3, -0.25) is 4.79 Å². The van der Waals surface area contributed by atoms with Gasteiger partial charge in [-0.1, -0.05) is 0 Å². The summed E-state index contributed by atoms with van der Waals surface area (Å²) in [4.78, 5) is 16.3. The molecule has 0 radical (unpaired) electrons. The Labute approximate surface area is 103 Å². The Morgan fingerprint density at radius 2 is 2.11 bits per heavy atom. The van der Waals surface area contributed by atoms with Crippen LogP contribution in [-0.4, -0.2) is 36.4 Å². The summed E-state index contributed by atoms with van der Waals surface area (Å²) in [5, 5.41) is 2.53. The van der Waals surface area contributed by atoms with Crippen molar-refractivity contribution < 1.29 is 18.0 Å². The van der Waals surface area contributed by atoms with Crippen LogP contribution in [0.5, 0.6) is 0 Å². The highest BCUT2D eigenvalue weighted by Gasteiger charge is 2.33. The molecule has 7 heteroatoms. The van der Waals surface area contributed by atoms with Crippen molar-refractivity contribution in [3.8, 4) is 0 Å². The van der Waals surface area contributed by atoms with Gasteiger partial charge in [0.05, 0.1) is 5.56 Å². The summed E-state index contributed by atoms with van der Waals surface area (Å²) in [6.07, 6.45) is -3.08. The fourth-order valence-corrected chi connectivity index (χ4v) is 1.29. The molecule has 4 nitrogen and oxygen atoms in total. The van der Waals surface area contributed by atoms with Gasteiger partial charge in [-0.05, 0) is 12.1 Å². The quantitative estimate of drug-likeness (QED) is 0.901. The zero-order valence-corrected chi connectivity index (χ0v) is 10.1. The van der Waals surface area contributed by atoms with E-state index in [9.17, 15) is 18.0 Å². The van der Waals surface area contributed by atoms with E-state index < -0.39 is 11.7 Å². The number of nitrogens with one attached hydrogen (secondary N) is 1. The monoisotopic (exact) mass is 261 g/mol. The Kier molecular flexibility index (Phi) is 4.52. The van der Waals surface area contributed by atoms with Crippen molar-refractivity contribution in [1.29, 1.82) is 0 Å². The van der Waals surface area contributed by atoms with Crippen LogP contribution in [0.4, 0.5) is 19.0 Å². The molecule has 1 aromatic heterocycles. The van der Waals surface area contributed by atoms with Crippen molar-refractivity contribution in [3.63, 3.8) is 0 Å². The third-order valence-electron chi connectivity index (χ3n) is 2.24. The highest BCUT2D eigenvalue weighted by molar-refractivity contribution is 5.76. The van der Waals surface area contributed by atoms with Gasteiger partial charge >= 0.3 is 6.18 Å². The van der Waals surface area contributed by atoms with Gasteiger partial charge < -0.3 is 10.2 Å². The first-order valence-electron chi connectivity index (χ1n) is 5.28. The maximum absolute atomic E-state index is 12.6. The highest BCUT2D eigenvalue weighted by Crippen LogP contribution is 2.33. The standard InChI is InChI=1S/C11H14F3N3O/c1-17(2)9(18)5-7-16-10-8(11(12,13)14)4-3-6-15-10/h3-4,6H,5,7H2,1-2H3,(H,15,16). The van der Waals surface area contributed by atoms with Gasteiger partial charge in [-0.2, -0.15) is 13.2 Å². The average molecular weight is 261 g/mol. The second-order valence-corrected chi connectivity index (χ2v) is 3.86. The molecule has 1 heterocycles. The lowest BCUT2D eigenvalue weighted by Gasteiger charge is -2.14. The second kappa shape index (κ2) is 5.70. The molecule has 18 heavy (non-hydrogen) atoms. The van der Waals surface area contributed by atoms with Crippen LogP contribution in [0.25, 0.3) is 0 Å². The van der Waals surface area contributed by atoms with Gasteiger partial charge in [0.1, 0.15) is 5.82 Å². The number of aromatic nitrogens is 1. The Balaban J connectivity index is 2.66. The molecule has 0 unspecified atom stereocenters. The number of pyridine rings is 1. The fraction of sp³-hybridized carbons (Fsp3) is 0.455. The van der Waals surface area contributed by atoms with E-state index in [0.29, 0.717) is 0 Å². The summed E-state index contributed by atoms with van der Waals surface area (Å²) >= 11 is 0. The van der Waals surface area contributed by atoms with Crippen LogP contribution in [0.3, 0.4) is 0 Å². The smallest absolute Gasteiger partial charge is 0.369 e. The van der Waals surface area contributed by atoms with Gasteiger partial charge in [-0.15, -0.1) is 0 Å². The molecule has 0 atom stereocenters. The van der Waals surface area contributed by atoms with Crippen molar-refractivity contribution in [3.05, 3.63) is 23.9 Å². The number of halogens is 3. The van der Waals surface area contributed by atoms with Crippen LogP contribution in [-0.2, 0) is 11.0 Å². The van der Waals surface area contributed by atoms with Gasteiger partial charge in [0, 0.05) is 33.3 Å². The average Bonchev–Trinajstić information content (AvgIpc) is 2.28. The maximum Gasteiger partial charge on any atom is 0.419 e. The molecule has 1 rings (SSSR count). The van der Waals surface area contributed by atoms with E-state index in [-0.39, 0.29) is 24.7 Å². The predicted molar refractivity (Wildman–Crippen MR) is 61.0 cm³/mol. The first kappa shape index (κ1) is 14.3. The molecule has 0 saturated carbocycles. The molecule has 1 N–H and O–H groups in total. The lowest BCUT2D eigenvalue weighted by molar-refractivity contribution is -0.137. The number of carbonyl (C=O) groups is 1. The van der Waals surface area contributed by atoms with E-state index in [1.54, 1.807) is 14.1 Å². The molecule has 0 saturated heterocycles. The lowest BCUT2D eigenvalue weighted by Crippen LogP contribution is -2.24. The topological polar surface area (TPSA) is 45.2 Å². The van der Waals surface area contributed by atoms with Gasteiger partial charge in [0.2, 0.25) is 5.91 Å². The number of rotatable bonds is 4. The van der Waals surface area contributed by atoms with Crippen LogP contribution < -0.4 is 5.32 Å². The first-order valence-corrected chi connectivity index (χ1v) is 5.28. The summed E-state index contributed by atoms with van der Waals surface area (Å²) in [7, 11) is 3.18. The van der Waals surface area contributed by atoms with Crippen molar-refractivity contribution in [1.82, 2.24) is 9.88 Å². The minimum atomic E-state index is -4.46. The Hall–Kier alpha value is -1.79. The summed E-state index contributed by atoms with van der Waals surface area (Å²) in [5.41, 5.74) is -0.831. The Bertz CT molecular complexity index is 418. The van der Waals surface area contributed by atoms with Crippen molar-refractivity contribution in [2.45, 2.75) is 12.6 Å². The van der Waals surface area contributed by atoms with E-state index in [1.807, 2.05) is 0 Å². The minimum Gasteiger partial charge on any atom is -0.369 e. The van der Waals surface area contributed by atoms with Gasteiger partial charge in [0.15, 0.2) is 0 Å². The summed E-state index contributed by atoms with van der Waals surface area (Å²) in [6.45, 7) is 0.108. The van der Waals surface area contributed by atoms with Crippen LogP contribution in [0, 0.1) is 0 Å². The number of alkyl halides is 3.